The number of anilines is 1. The van der Waals surface area contributed by atoms with E-state index in [9.17, 15) is 9.90 Å². The highest BCUT2D eigenvalue weighted by atomic mass is 16.7. The van der Waals surface area contributed by atoms with Crippen molar-refractivity contribution in [2.24, 2.45) is 0 Å². The van der Waals surface area contributed by atoms with E-state index in [1.54, 1.807) is 11.1 Å². The third kappa shape index (κ3) is 2.77. The van der Waals surface area contributed by atoms with Gasteiger partial charge < -0.3 is 14.4 Å². The minimum absolute atomic E-state index is 0.0340. The van der Waals surface area contributed by atoms with Crippen molar-refractivity contribution in [2.75, 3.05) is 4.90 Å². The molecule has 1 aliphatic carbocycles. The van der Waals surface area contributed by atoms with Crippen molar-refractivity contribution in [1.82, 2.24) is 4.98 Å². The average molecular weight is 358 g/mol. The second-order valence-corrected chi connectivity index (χ2v) is 9.16. The number of carbonyl (C=O) groups excluding carboxylic acids is 1. The van der Waals surface area contributed by atoms with E-state index in [4.69, 9.17) is 9.31 Å². The van der Waals surface area contributed by atoms with E-state index in [1.807, 2.05) is 34.6 Å². The molecule has 0 atom stereocenters. The maximum atomic E-state index is 12.5. The van der Waals surface area contributed by atoms with Crippen LogP contribution in [0.2, 0.25) is 0 Å². The summed E-state index contributed by atoms with van der Waals surface area (Å²) in [5.74, 6) is 0.816. The van der Waals surface area contributed by atoms with Crippen LogP contribution in [0.15, 0.2) is 12.3 Å². The van der Waals surface area contributed by atoms with Crippen molar-refractivity contribution in [3.8, 4) is 0 Å². The molecule has 26 heavy (non-hydrogen) atoms. The van der Waals surface area contributed by atoms with Crippen LogP contribution in [0.3, 0.4) is 0 Å². The highest BCUT2D eigenvalue weighted by Crippen LogP contribution is 2.40. The molecule has 7 heteroatoms. The molecule has 1 saturated heterocycles. The molecule has 0 spiro atoms. The number of rotatable bonds is 2. The van der Waals surface area contributed by atoms with Gasteiger partial charge in [-0.05, 0) is 59.4 Å². The monoisotopic (exact) mass is 358 g/mol. The number of fused-ring (bicyclic) bond motifs is 1. The molecule has 1 amide bonds. The maximum absolute atomic E-state index is 12.5. The van der Waals surface area contributed by atoms with Gasteiger partial charge in [0.15, 0.2) is 0 Å². The number of aryl methyl sites for hydroxylation is 1. The van der Waals surface area contributed by atoms with Gasteiger partial charge in [0.25, 0.3) is 0 Å². The van der Waals surface area contributed by atoms with Crippen LogP contribution in [0, 0.1) is 0 Å². The molecule has 0 bridgehead atoms. The molecule has 1 saturated carbocycles. The fraction of sp³-hybridized carbons (Fsp3) is 0.684. The zero-order chi connectivity index (χ0) is 18.9. The topological polar surface area (TPSA) is 71.9 Å². The molecular formula is C19H27BN2O4. The number of amides is 1. The Labute approximate surface area is 155 Å². The van der Waals surface area contributed by atoms with Crippen LogP contribution in [0.5, 0.6) is 0 Å². The lowest BCUT2D eigenvalue weighted by molar-refractivity contribution is -0.121. The Morgan fingerprint density at radius 1 is 1.15 bits per heavy atom. The number of pyridine rings is 1. The van der Waals surface area contributed by atoms with Crippen molar-refractivity contribution < 1.29 is 19.2 Å². The predicted octanol–water partition coefficient (Wildman–Crippen LogP) is 1.57. The van der Waals surface area contributed by atoms with Gasteiger partial charge in [-0.3, -0.25) is 9.69 Å². The van der Waals surface area contributed by atoms with E-state index in [-0.39, 0.29) is 11.9 Å². The van der Waals surface area contributed by atoms with Crippen molar-refractivity contribution >= 4 is 24.3 Å². The Kier molecular flexibility index (Phi) is 3.82. The molecule has 2 fully saturated rings. The number of nitrogens with zero attached hydrogens (tertiary/aromatic N) is 2. The summed E-state index contributed by atoms with van der Waals surface area (Å²) < 4.78 is 12.2. The van der Waals surface area contributed by atoms with Crippen molar-refractivity contribution in [3.05, 3.63) is 17.8 Å². The van der Waals surface area contributed by atoms with E-state index in [0.29, 0.717) is 25.7 Å². The highest BCUT2D eigenvalue weighted by molar-refractivity contribution is 6.62. The zero-order valence-corrected chi connectivity index (χ0v) is 16.2. The summed E-state index contributed by atoms with van der Waals surface area (Å²) in [5, 5.41) is 10.0. The standard InChI is InChI=1S/C19H27BN2O4/c1-17(2)18(3,4)26-20(25-17)13-8-12-6-7-15(23)22(16(12)21-11-13)14-9-19(5,24)10-14/h8,11,14,24H,6-7,9-10H2,1-5H3. The predicted molar refractivity (Wildman–Crippen MR) is 99.4 cm³/mol. The van der Waals surface area contributed by atoms with Gasteiger partial charge in [-0.25, -0.2) is 4.98 Å². The van der Waals surface area contributed by atoms with Crippen LogP contribution in [-0.2, 0) is 20.5 Å². The van der Waals surface area contributed by atoms with Crippen molar-refractivity contribution in [2.45, 2.75) is 83.1 Å². The largest absolute Gasteiger partial charge is 0.496 e. The van der Waals surface area contributed by atoms with Gasteiger partial charge in [0.2, 0.25) is 5.91 Å². The smallest absolute Gasteiger partial charge is 0.399 e. The first-order valence-corrected chi connectivity index (χ1v) is 9.38. The van der Waals surface area contributed by atoms with E-state index < -0.39 is 23.9 Å². The third-order valence-corrected chi connectivity index (χ3v) is 6.31. The molecule has 0 aromatic carbocycles. The minimum Gasteiger partial charge on any atom is -0.399 e. The van der Waals surface area contributed by atoms with Crippen molar-refractivity contribution in [1.29, 1.82) is 0 Å². The maximum Gasteiger partial charge on any atom is 0.496 e. The fourth-order valence-corrected chi connectivity index (χ4v) is 4.03. The highest BCUT2D eigenvalue weighted by Gasteiger charge is 2.52. The molecule has 3 aliphatic rings. The van der Waals surface area contributed by atoms with E-state index in [1.165, 1.54) is 0 Å². The van der Waals surface area contributed by atoms with Gasteiger partial charge in [0.05, 0.1) is 16.8 Å². The normalized spacial score (nSPS) is 32.4. The molecule has 1 aromatic heterocycles. The molecular weight excluding hydrogens is 331 g/mol. The molecule has 0 radical (unpaired) electrons. The van der Waals surface area contributed by atoms with Gasteiger partial charge >= 0.3 is 7.12 Å². The van der Waals surface area contributed by atoms with Crippen LogP contribution >= 0.6 is 0 Å². The second kappa shape index (κ2) is 5.53. The first kappa shape index (κ1) is 18.0. The van der Waals surface area contributed by atoms with Crippen LogP contribution < -0.4 is 10.4 Å². The summed E-state index contributed by atoms with van der Waals surface area (Å²) in [5.41, 5.74) is 0.464. The van der Waals surface area contributed by atoms with Gasteiger partial charge in [0.1, 0.15) is 5.82 Å². The molecule has 2 aliphatic heterocycles. The summed E-state index contributed by atoms with van der Waals surface area (Å²) in [6, 6.07) is 2.09. The number of carbonyl (C=O) groups is 1. The molecule has 6 nitrogen and oxygen atoms in total. The molecule has 140 valence electrons. The summed E-state index contributed by atoms with van der Waals surface area (Å²) in [6.45, 7) is 9.93. The van der Waals surface area contributed by atoms with Crippen LogP contribution in [0.4, 0.5) is 5.82 Å². The van der Waals surface area contributed by atoms with Gasteiger partial charge in [-0.1, -0.05) is 6.07 Å². The molecule has 3 heterocycles. The lowest BCUT2D eigenvalue weighted by Crippen LogP contribution is -2.57. The van der Waals surface area contributed by atoms with E-state index in [2.05, 4.69) is 11.1 Å². The number of hydrogen-bond acceptors (Lipinski definition) is 5. The molecule has 0 unspecified atom stereocenters. The summed E-state index contributed by atoms with van der Waals surface area (Å²) >= 11 is 0. The van der Waals surface area contributed by atoms with E-state index in [0.717, 1.165) is 16.8 Å². The van der Waals surface area contributed by atoms with Crippen LogP contribution in [0.1, 0.15) is 59.4 Å². The molecule has 1 N–H and O–H groups in total. The summed E-state index contributed by atoms with van der Waals surface area (Å²) in [6.07, 6.45) is 4.09. The number of hydrogen-bond donors (Lipinski definition) is 1. The summed E-state index contributed by atoms with van der Waals surface area (Å²) in [4.78, 5) is 18.9. The van der Waals surface area contributed by atoms with Gasteiger partial charge in [-0.2, -0.15) is 0 Å². The van der Waals surface area contributed by atoms with Crippen LogP contribution in [0.25, 0.3) is 0 Å². The Balaban J connectivity index is 1.61. The number of aliphatic hydroxyl groups is 1. The molecule has 1 aromatic rings. The Hall–Kier alpha value is -1.44. The zero-order valence-electron chi connectivity index (χ0n) is 16.2. The minimum atomic E-state index is -0.675. The second-order valence-electron chi connectivity index (χ2n) is 9.16. The van der Waals surface area contributed by atoms with Crippen molar-refractivity contribution in [3.63, 3.8) is 0 Å². The SMILES string of the molecule is CC1(O)CC(N2C(=O)CCc3cc(B4OC(C)(C)C(C)(C)O4)cnc32)C1. The Morgan fingerprint density at radius 2 is 1.77 bits per heavy atom. The fourth-order valence-electron chi connectivity index (χ4n) is 4.03. The Bertz CT molecular complexity index is 738. The van der Waals surface area contributed by atoms with Crippen LogP contribution in [-0.4, -0.2) is 46.0 Å². The quantitative estimate of drug-likeness (QED) is 0.813. The first-order chi connectivity index (χ1) is 12.0. The first-order valence-electron chi connectivity index (χ1n) is 9.38. The van der Waals surface area contributed by atoms with Gasteiger partial charge in [-0.15, -0.1) is 0 Å². The summed E-state index contributed by atoms with van der Waals surface area (Å²) in [7, 11) is -0.451. The lowest BCUT2D eigenvalue weighted by Gasteiger charge is -2.47. The lowest BCUT2D eigenvalue weighted by atomic mass is 9.75. The number of aromatic nitrogens is 1. The molecule has 4 rings (SSSR count). The van der Waals surface area contributed by atoms with Gasteiger partial charge in [0, 0.05) is 24.1 Å². The third-order valence-electron chi connectivity index (χ3n) is 6.31. The average Bonchev–Trinajstić information content (AvgIpc) is 2.72. The van der Waals surface area contributed by atoms with E-state index >= 15 is 0 Å². The Morgan fingerprint density at radius 3 is 2.35 bits per heavy atom.